The Balaban J connectivity index is 1.32. The number of fused-ring (bicyclic) bond motifs is 1. The number of amides is 1. The number of nitrogens with two attached hydrogens (primary N) is 1. The maximum atomic E-state index is 13.4. The van der Waals surface area contributed by atoms with Crippen molar-refractivity contribution in [3.05, 3.63) is 65.4 Å². The fourth-order valence-electron chi connectivity index (χ4n) is 5.03. The monoisotopic (exact) mass is 459 g/mol. The number of carbonyl (C=O) groups is 1. The minimum absolute atomic E-state index is 0.0465. The molecule has 0 radical (unpaired) electrons. The Morgan fingerprint density at radius 1 is 1.06 bits per heavy atom. The van der Waals surface area contributed by atoms with Gasteiger partial charge in [0.25, 0.3) is 5.91 Å². The van der Waals surface area contributed by atoms with Crippen LogP contribution in [-0.2, 0) is 15.9 Å². The zero-order valence-electron chi connectivity index (χ0n) is 20.6. The highest BCUT2D eigenvalue weighted by Crippen LogP contribution is 2.37. The van der Waals surface area contributed by atoms with Gasteiger partial charge in [-0.1, -0.05) is 36.4 Å². The van der Waals surface area contributed by atoms with Crippen LogP contribution in [0.25, 0.3) is 10.9 Å². The number of benzene rings is 2. The molecule has 178 valence electrons. The van der Waals surface area contributed by atoms with Gasteiger partial charge in [-0.2, -0.15) is 0 Å². The molecule has 3 aromatic rings. The number of hydrogen-bond donors (Lipinski definition) is 2. The fraction of sp³-hybridized carbons (Fsp3) is 0.444. The van der Waals surface area contributed by atoms with Crippen molar-refractivity contribution in [2.75, 3.05) is 13.1 Å². The van der Waals surface area contributed by atoms with Crippen LogP contribution in [0.15, 0.2) is 48.5 Å². The van der Waals surface area contributed by atoms with Crippen LogP contribution >= 0.6 is 0 Å². The largest absolute Gasteiger partial charge is 0.495 e. The molecule has 0 bridgehead atoms. The summed E-state index contributed by atoms with van der Waals surface area (Å²) in [4.78, 5) is 18.7. The summed E-state index contributed by atoms with van der Waals surface area (Å²) in [5.41, 5.74) is 9.95. The molecular formula is C27H34BN3O3. The number of nitrogens with zero attached hydrogens (tertiary/aromatic N) is 1. The molecule has 0 unspecified atom stereocenters. The van der Waals surface area contributed by atoms with Crippen LogP contribution in [0.3, 0.4) is 0 Å². The van der Waals surface area contributed by atoms with Gasteiger partial charge in [0.05, 0.1) is 11.2 Å². The Morgan fingerprint density at radius 2 is 1.74 bits per heavy atom. The molecule has 3 heterocycles. The highest BCUT2D eigenvalue weighted by Gasteiger charge is 2.52. The van der Waals surface area contributed by atoms with E-state index in [-0.39, 0.29) is 5.91 Å². The number of aromatic amines is 1. The van der Waals surface area contributed by atoms with Gasteiger partial charge in [-0.3, -0.25) is 4.79 Å². The molecule has 0 atom stereocenters. The van der Waals surface area contributed by atoms with Crippen LogP contribution < -0.4 is 11.2 Å². The zero-order chi connectivity index (χ0) is 24.1. The first-order valence-corrected chi connectivity index (χ1v) is 12.2. The standard InChI is InChI=1S/C27H34BN3O3/c1-26(2)27(3,4)34-28(33-26)22-9-6-10-23-21(22)16-24(30-23)25(32)31-13-11-19(12-14-31)20-8-5-7-18(15-20)17-29/h5-10,15-16,19,30H,11-14,17,29H2,1-4H3. The number of carbonyl (C=O) groups excluding carboxylic acids is 1. The van der Waals surface area contributed by atoms with Crippen molar-refractivity contribution in [1.29, 1.82) is 0 Å². The first-order valence-electron chi connectivity index (χ1n) is 12.2. The van der Waals surface area contributed by atoms with Gasteiger partial charge in [0.1, 0.15) is 5.69 Å². The number of likely N-dealkylation sites (tertiary alicyclic amines) is 1. The fourth-order valence-corrected chi connectivity index (χ4v) is 5.03. The number of rotatable bonds is 4. The van der Waals surface area contributed by atoms with E-state index in [9.17, 15) is 4.79 Å². The Hall–Kier alpha value is -2.61. The van der Waals surface area contributed by atoms with Crippen molar-refractivity contribution < 1.29 is 14.1 Å². The van der Waals surface area contributed by atoms with Crippen LogP contribution in [-0.4, -0.2) is 47.2 Å². The summed E-state index contributed by atoms with van der Waals surface area (Å²) in [7, 11) is -0.465. The molecule has 1 amide bonds. The minimum Gasteiger partial charge on any atom is -0.399 e. The molecule has 2 aliphatic heterocycles. The third kappa shape index (κ3) is 4.06. The van der Waals surface area contributed by atoms with Crippen molar-refractivity contribution in [2.45, 2.75) is 64.2 Å². The summed E-state index contributed by atoms with van der Waals surface area (Å²) in [6.45, 7) is 10.2. The van der Waals surface area contributed by atoms with Crippen LogP contribution in [0.1, 0.15) is 68.1 Å². The van der Waals surface area contributed by atoms with Crippen LogP contribution in [0.4, 0.5) is 0 Å². The predicted octanol–water partition coefficient (Wildman–Crippen LogP) is 3.95. The highest BCUT2D eigenvalue weighted by atomic mass is 16.7. The van der Waals surface area contributed by atoms with Crippen LogP contribution in [0.5, 0.6) is 0 Å². The second-order valence-electron chi connectivity index (χ2n) is 10.6. The lowest BCUT2D eigenvalue weighted by atomic mass is 9.77. The van der Waals surface area contributed by atoms with Gasteiger partial charge < -0.3 is 24.9 Å². The molecule has 7 heteroatoms. The SMILES string of the molecule is CC1(C)OB(c2cccc3[nH]c(C(=O)N4CCC(c5cccc(CN)c5)CC4)cc23)OC1(C)C. The molecule has 6 nitrogen and oxygen atoms in total. The topological polar surface area (TPSA) is 80.6 Å². The Bertz CT molecular complexity index is 1190. The summed E-state index contributed by atoms with van der Waals surface area (Å²) in [6, 6.07) is 16.5. The second kappa shape index (κ2) is 8.56. The third-order valence-electron chi connectivity index (χ3n) is 7.88. The van der Waals surface area contributed by atoms with Gasteiger partial charge in [0.15, 0.2) is 0 Å². The van der Waals surface area contributed by atoms with E-state index in [1.54, 1.807) is 0 Å². The van der Waals surface area contributed by atoms with Gasteiger partial charge in [-0.15, -0.1) is 0 Å². The zero-order valence-corrected chi connectivity index (χ0v) is 20.6. The Kier molecular flexibility index (Phi) is 5.83. The first kappa shape index (κ1) is 23.2. The van der Waals surface area contributed by atoms with E-state index in [1.165, 1.54) is 5.56 Å². The quantitative estimate of drug-likeness (QED) is 0.580. The van der Waals surface area contributed by atoms with Crippen LogP contribution in [0, 0.1) is 0 Å². The molecule has 2 saturated heterocycles. The lowest BCUT2D eigenvalue weighted by molar-refractivity contribution is 0.00578. The number of hydrogen-bond acceptors (Lipinski definition) is 4. The van der Waals surface area contributed by atoms with Gasteiger partial charge in [0.2, 0.25) is 0 Å². The maximum Gasteiger partial charge on any atom is 0.495 e. The average molecular weight is 459 g/mol. The van der Waals surface area contributed by atoms with E-state index < -0.39 is 18.3 Å². The highest BCUT2D eigenvalue weighted by molar-refractivity contribution is 6.65. The van der Waals surface area contributed by atoms with Crippen molar-refractivity contribution in [1.82, 2.24) is 9.88 Å². The molecular weight excluding hydrogens is 425 g/mol. The molecule has 2 aliphatic rings. The molecule has 2 aromatic carbocycles. The summed E-state index contributed by atoms with van der Waals surface area (Å²) in [5.74, 6) is 0.512. The van der Waals surface area contributed by atoms with Crippen molar-refractivity contribution in [2.24, 2.45) is 5.73 Å². The summed E-state index contributed by atoms with van der Waals surface area (Å²) in [5, 5.41) is 0.970. The van der Waals surface area contributed by atoms with E-state index >= 15 is 0 Å². The van der Waals surface area contributed by atoms with E-state index in [0.29, 0.717) is 18.2 Å². The smallest absolute Gasteiger partial charge is 0.399 e. The summed E-state index contributed by atoms with van der Waals surface area (Å²) < 4.78 is 12.6. The van der Waals surface area contributed by atoms with Crippen molar-refractivity contribution in [3.8, 4) is 0 Å². The lowest BCUT2D eigenvalue weighted by Gasteiger charge is -2.32. The maximum absolute atomic E-state index is 13.4. The van der Waals surface area contributed by atoms with Crippen molar-refractivity contribution in [3.63, 3.8) is 0 Å². The van der Waals surface area contributed by atoms with Crippen LogP contribution in [0.2, 0.25) is 0 Å². The first-order chi connectivity index (χ1) is 16.2. The minimum atomic E-state index is -0.465. The summed E-state index contributed by atoms with van der Waals surface area (Å²) in [6.07, 6.45) is 1.92. The molecule has 0 spiro atoms. The van der Waals surface area contributed by atoms with Crippen molar-refractivity contribution >= 4 is 29.4 Å². The molecule has 2 fully saturated rings. The molecule has 3 N–H and O–H groups in total. The van der Waals surface area contributed by atoms with Gasteiger partial charge in [-0.25, -0.2) is 0 Å². The molecule has 5 rings (SSSR count). The number of H-pyrrole nitrogens is 1. The van der Waals surface area contributed by atoms with Gasteiger partial charge in [0, 0.05) is 25.2 Å². The molecule has 0 saturated carbocycles. The van der Waals surface area contributed by atoms with E-state index in [1.807, 2.05) is 29.2 Å². The predicted molar refractivity (Wildman–Crippen MR) is 136 cm³/mol. The molecule has 1 aromatic heterocycles. The molecule has 0 aliphatic carbocycles. The molecule has 34 heavy (non-hydrogen) atoms. The van der Waals surface area contributed by atoms with E-state index in [0.717, 1.165) is 47.9 Å². The van der Waals surface area contributed by atoms with E-state index in [4.69, 9.17) is 15.0 Å². The third-order valence-corrected chi connectivity index (χ3v) is 7.88. The lowest BCUT2D eigenvalue weighted by Crippen LogP contribution is -2.41. The number of aromatic nitrogens is 1. The number of piperidine rings is 1. The Labute approximate surface area is 201 Å². The van der Waals surface area contributed by atoms with Gasteiger partial charge >= 0.3 is 7.12 Å². The number of nitrogens with one attached hydrogen (secondary N) is 1. The normalized spacial score (nSPS) is 20.3. The summed E-state index contributed by atoms with van der Waals surface area (Å²) >= 11 is 0. The second-order valence-corrected chi connectivity index (χ2v) is 10.6. The Morgan fingerprint density at radius 3 is 2.41 bits per heavy atom. The van der Waals surface area contributed by atoms with Gasteiger partial charge in [-0.05, 0) is 80.6 Å². The van der Waals surface area contributed by atoms with E-state index in [2.05, 4.69) is 56.9 Å². The average Bonchev–Trinajstić information content (AvgIpc) is 3.36.